The number of aromatic nitrogens is 1. The second-order valence-electron chi connectivity index (χ2n) is 8.31. The molecule has 4 rings (SSSR count). The van der Waals surface area contributed by atoms with Gasteiger partial charge in [-0.05, 0) is 48.4 Å². The normalized spacial score (nSPS) is 11.2. The summed E-state index contributed by atoms with van der Waals surface area (Å²) in [5.41, 5.74) is 4.44. The van der Waals surface area contributed by atoms with Crippen LogP contribution < -0.4 is 4.74 Å². The van der Waals surface area contributed by atoms with Crippen LogP contribution in [-0.2, 0) is 17.6 Å². The molecule has 0 saturated carbocycles. The number of carboxylic acids is 1. The van der Waals surface area contributed by atoms with Crippen molar-refractivity contribution in [3.8, 4) is 28.5 Å². The van der Waals surface area contributed by atoms with Gasteiger partial charge in [0, 0.05) is 23.5 Å². The number of nitrogens with zero attached hydrogens (tertiary/aromatic N) is 1. The lowest BCUT2D eigenvalue weighted by Gasteiger charge is -2.10. The Balaban J connectivity index is 1.48. The van der Waals surface area contributed by atoms with E-state index in [2.05, 4.69) is 13.8 Å². The number of aliphatic carboxylic acids is 1. The maximum absolute atomic E-state index is 11.0. The molecular weight excluding hydrogens is 418 g/mol. The summed E-state index contributed by atoms with van der Waals surface area (Å²) < 4.78 is 17.6. The Hall–Kier alpha value is -3.80. The van der Waals surface area contributed by atoms with E-state index in [1.165, 1.54) is 0 Å². The summed E-state index contributed by atoms with van der Waals surface area (Å²) in [4.78, 5) is 15.8. The van der Waals surface area contributed by atoms with E-state index in [0.29, 0.717) is 30.2 Å². The molecule has 2 aromatic carbocycles. The fourth-order valence-electron chi connectivity index (χ4n) is 3.68. The Bertz CT molecular complexity index is 1220. The highest BCUT2D eigenvalue weighted by Gasteiger charge is 2.18. The van der Waals surface area contributed by atoms with Gasteiger partial charge in [-0.1, -0.05) is 38.1 Å². The van der Waals surface area contributed by atoms with Crippen molar-refractivity contribution in [1.82, 2.24) is 4.98 Å². The summed E-state index contributed by atoms with van der Waals surface area (Å²) in [6.45, 7) is 6.52. The van der Waals surface area contributed by atoms with Crippen LogP contribution >= 0.6 is 0 Å². The van der Waals surface area contributed by atoms with Gasteiger partial charge in [0.15, 0.2) is 0 Å². The molecule has 0 bridgehead atoms. The summed E-state index contributed by atoms with van der Waals surface area (Å²) in [5, 5.41) is 9.03. The predicted molar refractivity (Wildman–Crippen MR) is 125 cm³/mol. The van der Waals surface area contributed by atoms with Crippen molar-refractivity contribution in [2.75, 3.05) is 6.61 Å². The van der Waals surface area contributed by atoms with Crippen LogP contribution in [0.5, 0.6) is 5.75 Å². The summed E-state index contributed by atoms with van der Waals surface area (Å²) in [6.07, 6.45) is 2.22. The van der Waals surface area contributed by atoms with Gasteiger partial charge in [-0.15, -0.1) is 0 Å². The Morgan fingerprint density at radius 2 is 1.85 bits per heavy atom. The average Bonchev–Trinajstić information content (AvgIpc) is 3.46. The molecule has 0 saturated heterocycles. The molecule has 0 aliphatic carbocycles. The van der Waals surface area contributed by atoms with Gasteiger partial charge in [0.2, 0.25) is 5.89 Å². The van der Waals surface area contributed by atoms with Gasteiger partial charge in [-0.2, -0.15) is 0 Å². The molecule has 0 amide bonds. The predicted octanol–water partition coefficient (Wildman–Crippen LogP) is 6.28. The minimum atomic E-state index is -0.862. The van der Waals surface area contributed by atoms with E-state index in [-0.39, 0.29) is 12.3 Å². The highest BCUT2D eigenvalue weighted by Crippen LogP contribution is 2.30. The monoisotopic (exact) mass is 445 g/mol. The fraction of sp³-hybridized carbons (Fsp3) is 0.259. The Morgan fingerprint density at radius 1 is 1.09 bits per heavy atom. The standard InChI is InChI=1S/C27H27NO5/c1-17(2)26-22(12-14-32-24-15-19(16-25(29)30)7-6-18(24)3)28-27(33-26)21-10-8-20(9-11-21)23-5-4-13-31-23/h4-11,13,15,17H,12,14,16H2,1-3H3,(H,29,30). The number of hydrogen-bond donors (Lipinski definition) is 1. The number of oxazole rings is 1. The lowest BCUT2D eigenvalue weighted by Crippen LogP contribution is -2.06. The highest BCUT2D eigenvalue weighted by atomic mass is 16.5. The third kappa shape index (κ3) is 5.34. The minimum absolute atomic E-state index is 0.0283. The lowest BCUT2D eigenvalue weighted by molar-refractivity contribution is -0.136. The molecule has 0 radical (unpaired) electrons. The van der Waals surface area contributed by atoms with E-state index in [9.17, 15) is 4.79 Å². The lowest BCUT2D eigenvalue weighted by atomic mass is 10.1. The van der Waals surface area contributed by atoms with Crippen molar-refractivity contribution in [3.63, 3.8) is 0 Å². The van der Waals surface area contributed by atoms with Crippen molar-refractivity contribution in [2.45, 2.75) is 39.5 Å². The molecule has 0 fully saturated rings. The van der Waals surface area contributed by atoms with E-state index in [1.54, 1.807) is 12.3 Å². The first-order chi connectivity index (χ1) is 15.9. The van der Waals surface area contributed by atoms with Crippen LogP contribution in [0.3, 0.4) is 0 Å². The number of furan rings is 1. The van der Waals surface area contributed by atoms with Crippen LogP contribution in [0.1, 0.15) is 42.3 Å². The molecular formula is C27H27NO5. The van der Waals surface area contributed by atoms with Gasteiger partial charge in [0.05, 0.1) is 25.0 Å². The number of rotatable bonds is 9. The second kappa shape index (κ2) is 9.77. The number of aryl methyl sites for hydroxylation is 1. The van der Waals surface area contributed by atoms with Crippen LogP contribution in [0, 0.1) is 6.92 Å². The second-order valence-corrected chi connectivity index (χ2v) is 8.31. The Kier molecular flexibility index (Phi) is 6.63. The Labute approximate surface area is 192 Å². The van der Waals surface area contributed by atoms with Gasteiger partial charge >= 0.3 is 5.97 Å². The van der Waals surface area contributed by atoms with Crippen LogP contribution in [0.4, 0.5) is 0 Å². The topological polar surface area (TPSA) is 85.7 Å². The molecule has 0 aliphatic rings. The largest absolute Gasteiger partial charge is 0.493 e. The van der Waals surface area contributed by atoms with Gasteiger partial charge in [0.25, 0.3) is 0 Å². The molecule has 2 aromatic heterocycles. The minimum Gasteiger partial charge on any atom is -0.493 e. The van der Waals surface area contributed by atoms with E-state index >= 15 is 0 Å². The van der Waals surface area contributed by atoms with Crippen molar-refractivity contribution < 1.29 is 23.5 Å². The first-order valence-electron chi connectivity index (χ1n) is 11.0. The molecule has 1 N–H and O–H groups in total. The maximum atomic E-state index is 11.0. The third-order valence-corrected chi connectivity index (χ3v) is 5.39. The van der Waals surface area contributed by atoms with Crippen molar-refractivity contribution in [3.05, 3.63) is 83.4 Å². The van der Waals surface area contributed by atoms with Crippen molar-refractivity contribution >= 4 is 5.97 Å². The first-order valence-corrected chi connectivity index (χ1v) is 11.0. The molecule has 0 atom stereocenters. The van der Waals surface area contributed by atoms with Gasteiger partial charge < -0.3 is 18.7 Å². The fourth-order valence-corrected chi connectivity index (χ4v) is 3.68. The number of carbonyl (C=O) groups is 1. The third-order valence-electron chi connectivity index (χ3n) is 5.39. The highest BCUT2D eigenvalue weighted by molar-refractivity contribution is 5.70. The molecule has 4 aromatic rings. The zero-order valence-electron chi connectivity index (χ0n) is 19.0. The van der Waals surface area contributed by atoms with Crippen LogP contribution in [0.25, 0.3) is 22.8 Å². The molecule has 0 unspecified atom stereocenters. The van der Waals surface area contributed by atoms with Crippen LogP contribution in [-0.4, -0.2) is 22.7 Å². The first kappa shape index (κ1) is 22.4. The van der Waals surface area contributed by atoms with Gasteiger partial charge in [0.1, 0.15) is 17.3 Å². The maximum Gasteiger partial charge on any atom is 0.307 e. The zero-order chi connectivity index (χ0) is 23.4. The van der Waals surface area contributed by atoms with Gasteiger partial charge in [-0.3, -0.25) is 4.79 Å². The van der Waals surface area contributed by atoms with E-state index in [4.69, 9.17) is 23.7 Å². The number of carboxylic acid groups (broad SMARTS) is 1. The van der Waals surface area contributed by atoms with Gasteiger partial charge in [-0.25, -0.2) is 4.98 Å². The molecule has 0 spiro atoms. The van der Waals surface area contributed by atoms with Crippen molar-refractivity contribution in [2.24, 2.45) is 0 Å². The smallest absolute Gasteiger partial charge is 0.307 e. The molecule has 2 heterocycles. The molecule has 6 heteroatoms. The van der Waals surface area contributed by atoms with Crippen LogP contribution in [0.15, 0.2) is 69.7 Å². The number of benzene rings is 2. The summed E-state index contributed by atoms with van der Waals surface area (Å²) >= 11 is 0. The van der Waals surface area contributed by atoms with E-state index in [1.807, 2.05) is 55.5 Å². The molecule has 6 nitrogen and oxygen atoms in total. The molecule has 0 aliphatic heterocycles. The summed E-state index contributed by atoms with van der Waals surface area (Å²) in [6, 6.07) is 17.2. The average molecular weight is 446 g/mol. The van der Waals surface area contributed by atoms with E-state index in [0.717, 1.165) is 33.9 Å². The number of ether oxygens (including phenoxy) is 1. The zero-order valence-corrected chi connectivity index (χ0v) is 19.0. The molecule has 33 heavy (non-hydrogen) atoms. The summed E-state index contributed by atoms with van der Waals surface area (Å²) in [7, 11) is 0. The number of hydrogen-bond acceptors (Lipinski definition) is 5. The molecule has 170 valence electrons. The Morgan fingerprint density at radius 3 is 2.52 bits per heavy atom. The SMILES string of the molecule is Cc1ccc(CC(=O)O)cc1OCCc1nc(-c2ccc(-c3ccco3)cc2)oc1C(C)C. The van der Waals surface area contributed by atoms with Crippen molar-refractivity contribution in [1.29, 1.82) is 0 Å². The quantitative estimate of drug-likeness (QED) is 0.326. The van der Waals surface area contributed by atoms with E-state index < -0.39 is 5.97 Å². The summed E-state index contributed by atoms with van der Waals surface area (Å²) in [5.74, 6) is 2.26. The van der Waals surface area contributed by atoms with Crippen LogP contribution in [0.2, 0.25) is 0 Å².